The third-order valence-electron chi connectivity index (χ3n) is 2.70. The number of carbonyl (C=O) groups excluding carboxylic acids is 1. The molecule has 0 spiro atoms. The largest absolute Gasteiger partial charge is 0.463 e. The number of esters is 1. The summed E-state index contributed by atoms with van der Waals surface area (Å²) >= 11 is 3.47. The topological polar surface area (TPSA) is 42.7 Å². The Morgan fingerprint density at radius 1 is 1.42 bits per heavy atom. The van der Waals surface area contributed by atoms with E-state index in [0.29, 0.717) is 12.2 Å². The Morgan fingerprint density at radius 2 is 2.16 bits per heavy atom. The second kappa shape index (κ2) is 5.75. The predicted molar refractivity (Wildman–Crippen MR) is 77.3 cm³/mol. The number of benzene rings is 1. The number of hydrogen-bond acceptors (Lipinski definition) is 4. The quantitative estimate of drug-likeness (QED) is 0.808. The molecule has 1 aromatic carbocycles. The van der Waals surface area contributed by atoms with Crippen molar-refractivity contribution < 1.29 is 13.9 Å². The minimum atomic E-state index is -0.352. The van der Waals surface area contributed by atoms with E-state index in [1.165, 1.54) is 6.26 Å². The molecule has 0 atom stereocenters. The third-order valence-corrected chi connectivity index (χ3v) is 3.16. The monoisotopic (exact) mass is 325 g/mol. The van der Waals surface area contributed by atoms with Gasteiger partial charge in [0.15, 0.2) is 0 Å². The minimum Gasteiger partial charge on any atom is -0.463 e. The molecular formula is C14H16BrNO3. The molecule has 0 N–H and O–H groups in total. The zero-order chi connectivity index (χ0) is 14.0. The molecule has 0 radical (unpaired) electrons. The van der Waals surface area contributed by atoms with E-state index in [4.69, 9.17) is 9.15 Å². The zero-order valence-electron chi connectivity index (χ0n) is 11.2. The van der Waals surface area contributed by atoms with Crippen LogP contribution in [0.5, 0.6) is 0 Å². The van der Waals surface area contributed by atoms with E-state index < -0.39 is 0 Å². The number of carbonyl (C=O) groups is 1. The van der Waals surface area contributed by atoms with Gasteiger partial charge in [-0.05, 0) is 33.2 Å². The summed E-state index contributed by atoms with van der Waals surface area (Å²) in [5.41, 5.74) is 2.24. The van der Waals surface area contributed by atoms with Crippen LogP contribution in [0.2, 0.25) is 0 Å². The van der Waals surface area contributed by atoms with Gasteiger partial charge in [0.25, 0.3) is 0 Å². The summed E-state index contributed by atoms with van der Waals surface area (Å²) in [5, 5.41) is 0.782. The molecule has 0 fully saturated rings. The molecular weight excluding hydrogens is 310 g/mol. The summed E-state index contributed by atoms with van der Waals surface area (Å²) in [6.45, 7) is 2.88. The van der Waals surface area contributed by atoms with Crippen LogP contribution < -0.4 is 0 Å². The van der Waals surface area contributed by atoms with Crippen molar-refractivity contribution in [2.45, 2.75) is 13.5 Å². The average Bonchev–Trinajstić information content (AvgIpc) is 2.72. The summed E-state index contributed by atoms with van der Waals surface area (Å²) in [7, 11) is 3.98. The van der Waals surface area contributed by atoms with E-state index in [9.17, 15) is 4.79 Å². The van der Waals surface area contributed by atoms with Crippen molar-refractivity contribution in [3.05, 3.63) is 34.0 Å². The lowest BCUT2D eigenvalue weighted by Crippen LogP contribution is -2.10. The fourth-order valence-electron chi connectivity index (χ4n) is 2.00. The Morgan fingerprint density at radius 3 is 2.79 bits per heavy atom. The number of furan rings is 1. The molecule has 0 amide bonds. The Kier molecular flexibility index (Phi) is 4.27. The molecule has 2 rings (SSSR count). The SMILES string of the molecule is CCOC(=O)c1coc2c(CN(C)C)cc(Br)cc12. The molecule has 0 saturated heterocycles. The van der Waals surface area contributed by atoms with Crippen molar-refractivity contribution in [3.63, 3.8) is 0 Å². The van der Waals surface area contributed by atoms with Gasteiger partial charge in [0, 0.05) is 22.0 Å². The second-order valence-electron chi connectivity index (χ2n) is 4.55. The highest BCUT2D eigenvalue weighted by Crippen LogP contribution is 2.29. The van der Waals surface area contributed by atoms with Gasteiger partial charge in [0.05, 0.1) is 6.61 Å². The lowest BCUT2D eigenvalue weighted by atomic mass is 10.1. The Labute approximate surface area is 120 Å². The highest BCUT2D eigenvalue weighted by atomic mass is 79.9. The lowest BCUT2D eigenvalue weighted by Gasteiger charge is -2.10. The van der Waals surface area contributed by atoms with Crippen LogP contribution >= 0.6 is 15.9 Å². The highest BCUT2D eigenvalue weighted by Gasteiger charge is 2.18. The average molecular weight is 326 g/mol. The van der Waals surface area contributed by atoms with Gasteiger partial charge < -0.3 is 14.1 Å². The van der Waals surface area contributed by atoms with Gasteiger partial charge in [-0.2, -0.15) is 0 Å². The molecule has 0 bridgehead atoms. The van der Waals surface area contributed by atoms with E-state index in [1.807, 2.05) is 31.1 Å². The Balaban J connectivity index is 2.53. The van der Waals surface area contributed by atoms with Crippen molar-refractivity contribution >= 4 is 32.9 Å². The number of ether oxygens (including phenoxy) is 1. The van der Waals surface area contributed by atoms with Crippen LogP contribution in [0.4, 0.5) is 0 Å². The maximum atomic E-state index is 11.9. The van der Waals surface area contributed by atoms with E-state index >= 15 is 0 Å². The van der Waals surface area contributed by atoms with Crippen molar-refractivity contribution in [1.29, 1.82) is 0 Å². The maximum absolute atomic E-state index is 11.9. The summed E-state index contributed by atoms with van der Waals surface area (Å²) < 4.78 is 11.5. The van der Waals surface area contributed by atoms with Gasteiger partial charge in [0.1, 0.15) is 17.4 Å². The Bertz CT molecular complexity index is 604. The maximum Gasteiger partial charge on any atom is 0.342 e. The van der Waals surface area contributed by atoms with Gasteiger partial charge in [-0.3, -0.25) is 0 Å². The number of nitrogens with zero attached hydrogens (tertiary/aromatic N) is 1. The van der Waals surface area contributed by atoms with Gasteiger partial charge in [-0.15, -0.1) is 0 Å². The first-order chi connectivity index (χ1) is 9.02. The van der Waals surface area contributed by atoms with Crippen LogP contribution in [0.15, 0.2) is 27.3 Å². The van der Waals surface area contributed by atoms with Crippen LogP contribution in [0.25, 0.3) is 11.0 Å². The van der Waals surface area contributed by atoms with Crippen LogP contribution in [0.3, 0.4) is 0 Å². The molecule has 0 unspecified atom stereocenters. The van der Waals surface area contributed by atoms with Gasteiger partial charge in [-0.1, -0.05) is 15.9 Å². The van der Waals surface area contributed by atoms with E-state index in [2.05, 4.69) is 15.9 Å². The van der Waals surface area contributed by atoms with Crippen LogP contribution in [-0.2, 0) is 11.3 Å². The normalized spacial score (nSPS) is 11.2. The zero-order valence-corrected chi connectivity index (χ0v) is 12.8. The third kappa shape index (κ3) is 2.98. The molecule has 0 aliphatic carbocycles. The number of rotatable bonds is 4. The van der Waals surface area contributed by atoms with E-state index in [0.717, 1.165) is 27.6 Å². The van der Waals surface area contributed by atoms with Crippen molar-refractivity contribution in [2.24, 2.45) is 0 Å². The summed E-state index contributed by atoms with van der Waals surface area (Å²) in [6, 6.07) is 3.88. The van der Waals surface area contributed by atoms with E-state index in [-0.39, 0.29) is 5.97 Å². The van der Waals surface area contributed by atoms with Crippen LogP contribution in [0.1, 0.15) is 22.8 Å². The molecule has 0 aliphatic rings. The van der Waals surface area contributed by atoms with Crippen molar-refractivity contribution in [3.8, 4) is 0 Å². The van der Waals surface area contributed by atoms with Crippen molar-refractivity contribution in [2.75, 3.05) is 20.7 Å². The summed E-state index contributed by atoms with van der Waals surface area (Å²) in [5.74, 6) is -0.352. The Hall–Kier alpha value is -1.33. The summed E-state index contributed by atoms with van der Waals surface area (Å²) in [6.07, 6.45) is 1.47. The molecule has 19 heavy (non-hydrogen) atoms. The summed E-state index contributed by atoms with van der Waals surface area (Å²) in [4.78, 5) is 13.9. The molecule has 4 nitrogen and oxygen atoms in total. The molecule has 102 valence electrons. The minimum absolute atomic E-state index is 0.351. The number of fused-ring (bicyclic) bond motifs is 1. The molecule has 0 aliphatic heterocycles. The molecule has 0 saturated carbocycles. The van der Waals surface area contributed by atoms with Crippen molar-refractivity contribution in [1.82, 2.24) is 4.90 Å². The first-order valence-corrected chi connectivity index (χ1v) is 6.83. The van der Waals surface area contributed by atoms with Gasteiger partial charge in [0.2, 0.25) is 0 Å². The fraction of sp³-hybridized carbons (Fsp3) is 0.357. The molecule has 5 heteroatoms. The lowest BCUT2D eigenvalue weighted by molar-refractivity contribution is 0.0527. The van der Waals surface area contributed by atoms with Crippen LogP contribution in [-0.4, -0.2) is 31.6 Å². The highest BCUT2D eigenvalue weighted by molar-refractivity contribution is 9.10. The van der Waals surface area contributed by atoms with E-state index in [1.54, 1.807) is 6.92 Å². The first kappa shape index (κ1) is 14.1. The standard InChI is InChI=1S/C14H16BrNO3/c1-4-18-14(17)12-8-19-13-9(7-16(2)3)5-10(15)6-11(12)13/h5-6,8H,4,7H2,1-3H3. The van der Waals surface area contributed by atoms with Gasteiger partial charge >= 0.3 is 5.97 Å². The smallest absolute Gasteiger partial charge is 0.342 e. The predicted octanol–water partition coefficient (Wildman–Crippen LogP) is 3.43. The fourth-order valence-corrected chi connectivity index (χ4v) is 2.50. The number of hydrogen-bond donors (Lipinski definition) is 0. The molecule has 1 heterocycles. The van der Waals surface area contributed by atoms with Gasteiger partial charge in [-0.25, -0.2) is 4.79 Å². The second-order valence-corrected chi connectivity index (χ2v) is 5.46. The molecule has 2 aromatic rings. The molecule has 1 aromatic heterocycles. The first-order valence-electron chi connectivity index (χ1n) is 6.04. The number of halogens is 1. The van der Waals surface area contributed by atoms with Crippen LogP contribution in [0, 0.1) is 0 Å².